The first-order chi connectivity index (χ1) is 8.81. The van der Waals surface area contributed by atoms with Crippen LogP contribution in [0.15, 0.2) is 36.7 Å². The first-order valence-electron chi connectivity index (χ1n) is 6.12. The number of nitrogens with zero attached hydrogens (tertiary/aromatic N) is 2. The average Bonchev–Trinajstić information content (AvgIpc) is 3.06. The van der Waals surface area contributed by atoms with Crippen LogP contribution < -0.4 is 4.74 Å². The van der Waals surface area contributed by atoms with E-state index < -0.39 is 0 Å². The van der Waals surface area contributed by atoms with E-state index in [1.165, 1.54) is 5.56 Å². The molecule has 0 radical (unpaired) electrons. The predicted molar refractivity (Wildman–Crippen MR) is 67.7 cm³/mol. The largest absolute Gasteiger partial charge is 0.490 e. The van der Waals surface area contributed by atoms with Gasteiger partial charge in [-0.3, -0.25) is 4.68 Å². The van der Waals surface area contributed by atoms with Crippen LogP contribution in [-0.4, -0.2) is 29.1 Å². The molecule has 0 aliphatic carbocycles. The monoisotopic (exact) mass is 244 g/mol. The Morgan fingerprint density at radius 1 is 1.50 bits per heavy atom. The van der Waals surface area contributed by atoms with Crippen molar-refractivity contribution in [1.29, 1.82) is 0 Å². The maximum Gasteiger partial charge on any atom is 0.124 e. The molecular weight excluding hydrogens is 228 g/mol. The molecule has 0 saturated carbocycles. The van der Waals surface area contributed by atoms with Gasteiger partial charge < -0.3 is 9.47 Å². The van der Waals surface area contributed by atoms with Crippen molar-refractivity contribution in [1.82, 2.24) is 9.78 Å². The molecule has 1 aromatic carbocycles. The van der Waals surface area contributed by atoms with Gasteiger partial charge in [-0.15, -0.1) is 0 Å². The summed E-state index contributed by atoms with van der Waals surface area (Å²) in [5.41, 5.74) is 2.34. The minimum atomic E-state index is 0.281. The molecular formula is C14H16N2O2. The van der Waals surface area contributed by atoms with E-state index in [1.807, 2.05) is 16.9 Å². The Kier molecular flexibility index (Phi) is 3.02. The quantitative estimate of drug-likeness (QED) is 0.755. The first kappa shape index (κ1) is 11.3. The van der Waals surface area contributed by atoms with Crippen LogP contribution in [0.1, 0.15) is 11.1 Å². The van der Waals surface area contributed by atoms with Crippen molar-refractivity contribution < 1.29 is 9.47 Å². The summed E-state index contributed by atoms with van der Waals surface area (Å²) >= 11 is 0. The van der Waals surface area contributed by atoms with Crippen molar-refractivity contribution in [3.8, 4) is 5.75 Å². The molecule has 18 heavy (non-hydrogen) atoms. The Hall–Kier alpha value is -1.81. The van der Waals surface area contributed by atoms with Crippen LogP contribution in [0.4, 0.5) is 0 Å². The van der Waals surface area contributed by atoms with E-state index in [9.17, 15) is 0 Å². The highest BCUT2D eigenvalue weighted by Crippen LogP contribution is 2.22. The van der Waals surface area contributed by atoms with Crippen molar-refractivity contribution >= 4 is 0 Å². The number of aryl methyl sites for hydroxylation is 1. The minimum Gasteiger partial charge on any atom is -0.490 e. The molecule has 3 rings (SSSR count). The third-order valence-electron chi connectivity index (χ3n) is 2.94. The van der Waals surface area contributed by atoms with Gasteiger partial charge in [-0.2, -0.15) is 5.10 Å². The van der Waals surface area contributed by atoms with Crippen LogP contribution in [-0.2, 0) is 11.3 Å². The Bertz CT molecular complexity index is 519. The molecule has 1 aromatic heterocycles. The molecule has 2 heterocycles. The highest BCUT2D eigenvalue weighted by Gasteiger charge is 2.23. The first-order valence-corrected chi connectivity index (χ1v) is 6.12. The molecule has 1 aliphatic rings. The van der Waals surface area contributed by atoms with Crippen molar-refractivity contribution in [2.75, 3.05) is 13.2 Å². The Labute approximate surface area is 106 Å². The summed E-state index contributed by atoms with van der Waals surface area (Å²) in [5, 5.41) is 4.22. The number of benzene rings is 1. The lowest BCUT2D eigenvalue weighted by atomic mass is 10.1. The minimum absolute atomic E-state index is 0.281. The van der Waals surface area contributed by atoms with Gasteiger partial charge in [0.2, 0.25) is 0 Å². The van der Waals surface area contributed by atoms with Crippen LogP contribution in [0.5, 0.6) is 5.75 Å². The maximum absolute atomic E-state index is 5.82. The standard InChI is InChI=1S/C14H16N2O2/c1-11-3-4-12(8-16-6-2-5-15-16)14(7-11)18-10-13-9-17-13/h2-7,13H,8-10H2,1H3/t13-/m0/s1. The highest BCUT2D eigenvalue weighted by molar-refractivity contribution is 5.37. The molecule has 1 aliphatic heterocycles. The van der Waals surface area contributed by atoms with Crippen LogP contribution in [0.25, 0.3) is 0 Å². The number of hydrogen-bond donors (Lipinski definition) is 0. The molecule has 1 atom stereocenters. The SMILES string of the molecule is Cc1ccc(Cn2cccn2)c(OC[C@@H]2CO2)c1. The number of rotatable bonds is 5. The zero-order valence-electron chi connectivity index (χ0n) is 10.4. The Morgan fingerprint density at radius 3 is 3.11 bits per heavy atom. The van der Waals surface area contributed by atoms with E-state index in [1.54, 1.807) is 6.20 Å². The van der Waals surface area contributed by atoms with Gasteiger partial charge in [0.1, 0.15) is 18.5 Å². The summed E-state index contributed by atoms with van der Waals surface area (Å²) in [4.78, 5) is 0. The van der Waals surface area contributed by atoms with Gasteiger partial charge in [0.25, 0.3) is 0 Å². The lowest BCUT2D eigenvalue weighted by Gasteiger charge is -2.11. The summed E-state index contributed by atoms with van der Waals surface area (Å²) < 4.78 is 12.9. The third-order valence-corrected chi connectivity index (χ3v) is 2.94. The van der Waals surface area contributed by atoms with Crippen LogP contribution in [0.2, 0.25) is 0 Å². The second-order valence-corrected chi connectivity index (χ2v) is 4.58. The molecule has 0 bridgehead atoms. The second-order valence-electron chi connectivity index (χ2n) is 4.58. The molecule has 1 saturated heterocycles. The molecule has 2 aromatic rings. The van der Waals surface area contributed by atoms with Gasteiger partial charge in [-0.05, 0) is 24.6 Å². The van der Waals surface area contributed by atoms with E-state index in [2.05, 4.69) is 30.2 Å². The zero-order chi connectivity index (χ0) is 12.4. The number of aromatic nitrogens is 2. The fourth-order valence-corrected chi connectivity index (χ4v) is 1.84. The number of ether oxygens (including phenoxy) is 2. The molecule has 0 N–H and O–H groups in total. The van der Waals surface area contributed by atoms with E-state index >= 15 is 0 Å². The predicted octanol–water partition coefficient (Wildman–Crippen LogP) is 2.02. The van der Waals surface area contributed by atoms with Gasteiger partial charge in [-0.1, -0.05) is 12.1 Å². The lowest BCUT2D eigenvalue weighted by molar-refractivity contribution is 0.260. The molecule has 1 fully saturated rings. The fraction of sp³-hybridized carbons (Fsp3) is 0.357. The molecule has 0 spiro atoms. The van der Waals surface area contributed by atoms with Gasteiger partial charge >= 0.3 is 0 Å². The summed E-state index contributed by atoms with van der Waals surface area (Å²) in [6, 6.07) is 8.19. The van der Waals surface area contributed by atoms with Crippen LogP contribution in [0, 0.1) is 6.92 Å². The lowest BCUT2D eigenvalue weighted by Crippen LogP contribution is -2.08. The second kappa shape index (κ2) is 4.82. The van der Waals surface area contributed by atoms with Gasteiger partial charge in [0.15, 0.2) is 0 Å². The Balaban J connectivity index is 1.77. The van der Waals surface area contributed by atoms with Crippen LogP contribution in [0.3, 0.4) is 0 Å². The van der Waals surface area contributed by atoms with Gasteiger partial charge in [0, 0.05) is 18.0 Å². The summed E-state index contributed by atoms with van der Waals surface area (Å²) in [7, 11) is 0. The average molecular weight is 244 g/mol. The topological polar surface area (TPSA) is 39.6 Å². The van der Waals surface area contributed by atoms with E-state index in [0.29, 0.717) is 6.61 Å². The smallest absolute Gasteiger partial charge is 0.124 e. The Morgan fingerprint density at radius 2 is 2.39 bits per heavy atom. The molecule has 4 heteroatoms. The normalized spacial score (nSPS) is 17.7. The summed E-state index contributed by atoms with van der Waals surface area (Å²) in [6.07, 6.45) is 4.02. The van der Waals surface area contributed by atoms with Crippen molar-refractivity contribution in [2.24, 2.45) is 0 Å². The zero-order valence-corrected chi connectivity index (χ0v) is 10.4. The van der Waals surface area contributed by atoms with Gasteiger partial charge in [0.05, 0.1) is 13.2 Å². The summed E-state index contributed by atoms with van der Waals surface area (Å²) in [5.74, 6) is 0.931. The maximum atomic E-state index is 5.82. The fourth-order valence-electron chi connectivity index (χ4n) is 1.84. The summed E-state index contributed by atoms with van der Waals surface area (Å²) in [6.45, 7) is 4.25. The van der Waals surface area contributed by atoms with Crippen molar-refractivity contribution in [3.63, 3.8) is 0 Å². The van der Waals surface area contributed by atoms with E-state index in [0.717, 1.165) is 24.5 Å². The van der Waals surface area contributed by atoms with Gasteiger partial charge in [-0.25, -0.2) is 0 Å². The molecule has 0 amide bonds. The van der Waals surface area contributed by atoms with Crippen molar-refractivity contribution in [2.45, 2.75) is 19.6 Å². The molecule has 94 valence electrons. The van der Waals surface area contributed by atoms with Crippen LogP contribution >= 0.6 is 0 Å². The number of hydrogen-bond acceptors (Lipinski definition) is 3. The highest BCUT2D eigenvalue weighted by atomic mass is 16.6. The van der Waals surface area contributed by atoms with E-state index in [-0.39, 0.29) is 6.10 Å². The van der Waals surface area contributed by atoms with E-state index in [4.69, 9.17) is 9.47 Å². The molecule has 4 nitrogen and oxygen atoms in total. The number of epoxide rings is 1. The van der Waals surface area contributed by atoms with Crippen molar-refractivity contribution in [3.05, 3.63) is 47.8 Å². The third kappa shape index (κ3) is 2.71. The molecule has 0 unspecified atom stereocenters.